The van der Waals surface area contributed by atoms with E-state index in [1.54, 1.807) is 28.7 Å². The number of amides is 3. The van der Waals surface area contributed by atoms with Gasteiger partial charge in [-0.25, -0.2) is 4.98 Å². The SMILES string of the molecule is Cc1ncsc1-c1ccc(CNC(=O)[C@@H]2C[C@@H](O)CN2C(=O)[C@H](c2cc(OCCOC3CC(NC(=O)C[C@@H]4N=C(c5ccc(Cl)cc5)c5c(sc(C)c5C)-n5c(C)nnc54)C3)no2)C(C)C)cc1. The van der Waals surface area contributed by atoms with Gasteiger partial charge >= 0.3 is 0 Å². The number of carbonyl (C=O) groups is 3. The molecule has 2 aliphatic heterocycles. The van der Waals surface area contributed by atoms with E-state index in [2.05, 4.69) is 44.8 Å². The second kappa shape index (κ2) is 20.0. The fourth-order valence-electron chi connectivity index (χ4n) is 9.14. The number of carbonyl (C=O) groups excluding carboxylic acids is 3. The highest BCUT2D eigenvalue weighted by Crippen LogP contribution is 2.40. The number of aliphatic imine (C=N–C) groups is 1. The van der Waals surface area contributed by atoms with Gasteiger partial charge in [-0.05, 0) is 80.4 Å². The Kier molecular flexibility index (Phi) is 13.9. The van der Waals surface area contributed by atoms with Crippen LogP contribution in [0.2, 0.25) is 5.02 Å². The van der Waals surface area contributed by atoms with Crippen LogP contribution in [0.25, 0.3) is 15.4 Å². The first-order valence-electron chi connectivity index (χ1n) is 22.8. The summed E-state index contributed by atoms with van der Waals surface area (Å²) >= 11 is 9.51. The van der Waals surface area contributed by atoms with Gasteiger partial charge in [-0.15, -0.1) is 32.9 Å². The van der Waals surface area contributed by atoms with Crippen molar-refractivity contribution in [2.24, 2.45) is 10.9 Å². The topological polar surface area (TPSA) is 199 Å². The third kappa shape index (κ3) is 9.87. The number of thiazole rings is 1. The number of benzene rings is 2. The van der Waals surface area contributed by atoms with E-state index in [1.165, 1.54) is 9.78 Å². The molecule has 356 valence electrons. The molecule has 3 N–H and O–H groups in total. The number of hydrogen-bond acceptors (Lipinski definition) is 14. The predicted molar refractivity (Wildman–Crippen MR) is 259 cm³/mol. The first-order valence-corrected chi connectivity index (χ1v) is 24.9. The number of aromatic nitrogens is 5. The Morgan fingerprint density at radius 1 is 0.985 bits per heavy atom. The van der Waals surface area contributed by atoms with Gasteiger partial charge in [-0.3, -0.25) is 23.9 Å². The van der Waals surface area contributed by atoms with Gasteiger partial charge in [0.1, 0.15) is 35.4 Å². The molecule has 2 aromatic carbocycles. The second-order valence-electron chi connectivity index (χ2n) is 18.1. The number of thiophene rings is 1. The van der Waals surface area contributed by atoms with Crippen LogP contribution in [0.4, 0.5) is 0 Å². The van der Waals surface area contributed by atoms with Gasteiger partial charge in [0, 0.05) is 52.6 Å². The number of fused-ring (bicyclic) bond motifs is 3. The van der Waals surface area contributed by atoms with E-state index in [4.69, 9.17) is 30.6 Å². The molecule has 0 unspecified atom stereocenters. The molecular weight excluding hydrogens is 926 g/mol. The highest BCUT2D eigenvalue weighted by atomic mass is 35.5. The summed E-state index contributed by atoms with van der Waals surface area (Å²) in [7, 11) is 0. The largest absolute Gasteiger partial charge is 0.473 e. The number of aryl methyl sites for hydroxylation is 3. The molecule has 3 amide bonds. The van der Waals surface area contributed by atoms with Crippen LogP contribution >= 0.6 is 34.3 Å². The summed E-state index contributed by atoms with van der Waals surface area (Å²) in [6.45, 7) is 12.6. The number of hydrogen-bond donors (Lipinski definition) is 3. The summed E-state index contributed by atoms with van der Waals surface area (Å²) in [6, 6.07) is 15.7. The van der Waals surface area contributed by atoms with Crippen molar-refractivity contribution < 1.29 is 33.5 Å². The lowest BCUT2D eigenvalue weighted by Crippen LogP contribution is -2.48. The summed E-state index contributed by atoms with van der Waals surface area (Å²) in [5, 5.41) is 31.4. The Bertz CT molecular complexity index is 2830. The maximum atomic E-state index is 14.1. The van der Waals surface area contributed by atoms with Gasteiger partial charge < -0.3 is 34.6 Å². The minimum absolute atomic E-state index is 0.0321. The highest BCUT2D eigenvalue weighted by Gasteiger charge is 2.43. The van der Waals surface area contributed by atoms with Crippen molar-refractivity contribution in [3.63, 3.8) is 0 Å². The van der Waals surface area contributed by atoms with E-state index >= 15 is 0 Å². The standard InChI is InChI=1S/C49H54ClN9O7S2/c1-25(2)42(48(63)58-23-35(60)19-38(58)47(62)51-22-30-7-9-32(10-8-30)45-27(4)52-24-67-45)39-21-41(57-66-39)65-16-15-64-36-17-34(18-36)53-40(61)20-37-46-56-55-29(6)59(46)49-43(26(3)28(5)68-49)44(54-37)31-11-13-33(50)14-12-31/h7-14,21,24-25,34-38,42,60H,15-20,22-23H2,1-6H3,(H,51,62)(H,53,61)/t34?,35-,36?,37+,38+,42+/m1/s1. The molecule has 0 bridgehead atoms. The Labute approximate surface area is 407 Å². The number of rotatable bonds is 16. The number of aliphatic hydroxyl groups excluding tert-OH is 1. The Morgan fingerprint density at radius 3 is 2.46 bits per heavy atom. The molecule has 4 atom stereocenters. The molecule has 4 aromatic heterocycles. The number of ether oxygens (including phenoxy) is 2. The minimum Gasteiger partial charge on any atom is -0.473 e. The highest BCUT2D eigenvalue weighted by molar-refractivity contribution is 7.15. The zero-order chi connectivity index (χ0) is 47.8. The van der Waals surface area contributed by atoms with Crippen LogP contribution in [-0.4, -0.2) is 102 Å². The van der Waals surface area contributed by atoms with Crippen LogP contribution in [0.3, 0.4) is 0 Å². The van der Waals surface area contributed by atoms with Gasteiger partial charge in [0.05, 0.1) is 47.0 Å². The number of halogens is 1. The lowest BCUT2D eigenvalue weighted by Gasteiger charge is -2.35. The summed E-state index contributed by atoms with van der Waals surface area (Å²) in [4.78, 5) is 54.5. The van der Waals surface area contributed by atoms with Crippen molar-refractivity contribution >= 4 is 57.7 Å². The Hall–Kier alpha value is -5.79. The molecule has 3 aliphatic rings. The first-order chi connectivity index (χ1) is 32.7. The third-order valence-electron chi connectivity index (χ3n) is 12.9. The lowest BCUT2D eigenvalue weighted by molar-refractivity contribution is -0.141. The number of nitrogens with one attached hydrogen (secondary N) is 2. The average molecular weight is 981 g/mol. The molecule has 6 heterocycles. The first kappa shape index (κ1) is 47.3. The summed E-state index contributed by atoms with van der Waals surface area (Å²) in [5.41, 5.74) is 8.61. The Balaban J connectivity index is 0.744. The molecule has 1 aliphatic carbocycles. The summed E-state index contributed by atoms with van der Waals surface area (Å²) in [6.07, 6.45) is 0.639. The van der Waals surface area contributed by atoms with Crippen LogP contribution < -0.4 is 15.4 Å². The van der Waals surface area contributed by atoms with Gasteiger partial charge in [0.25, 0.3) is 5.88 Å². The summed E-state index contributed by atoms with van der Waals surface area (Å²) < 4.78 is 19.6. The predicted octanol–water partition coefficient (Wildman–Crippen LogP) is 7.37. The molecule has 9 rings (SSSR count). The number of aliphatic hydroxyl groups is 1. The molecule has 2 fully saturated rings. The lowest BCUT2D eigenvalue weighted by atomic mass is 9.89. The monoisotopic (exact) mass is 979 g/mol. The van der Waals surface area contributed by atoms with Crippen LogP contribution in [0.15, 0.2) is 69.6 Å². The molecule has 16 nitrogen and oxygen atoms in total. The van der Waals surface area contributed by atoms with Crippen molar-refractivity contribution in [3.05, 3.63) is 115 Å². The molecule has 1 saturated heterocycles. The smallest absolute Gasteiger partial charge is 0.254 e. The van der Waals surface area contributed by atoms with Gasteiger partial charge in [-0.1, -0.05) is 61.8 Å². The molecule has 19 heteroatoms. The van der Waals surface area contributed by atoms with Gasteiger partial charge in [0.15, 0.2) is 11.6 Å². The van der Waals surface area contributed by atoms with Crippen molar-refractivity contribution in [1.29, 1.82) is 0 Å². The quantitative estimate of drug-likeness (QED) is 0.0819. The zero-order valence-corrected chi connectivity index (χ0v) is 41.1. The van der Waals surface area contributed by atoms with Crippen LogP contribution in [-0.2, 0) is 25.7 Å². The van der Waals surface area contributed by atoms with Crippen molar-refractivity contribution in [2.75, 3.05) is 19.8 Å². The van der Waals surface area contributed by atoms with E-state index in [-0.39, 0.29) is 80.8 Å². The van der Waals surface area contributed by atoms with E-state index in [0.717, 1.165) is 54.9 Å². The van der Waals surface area contributed by atoms with Crippen LogP contribution in [0.1, 0.15) is 102 Å². The maximum absolute atomic E-state index is 14.1. The number of nitrogens with zero attached hydrogens (tertiary/aromatic N) is 7. The van der Waals surface area contributed by atoms with E-state index in [9.17, 15) is 19.5 Å². The zero-order valence-electron chi connectivity index (χ0n) is 38.7. The van der Waals surface area contributed by atoms with E-state index in [0.29, 0.717) is 29.4 Å². The molecule has 0 radical (unpaired) electrons. The third-order valence-corrected chi connectivity index (χ3v) is 15.3. The Morgan fingerprint density at radius 2 is 1.74 bits per heavy atom. The van der Waals surface area contributed by atoms with E-state index in [1.807, 2.05) is 86.3 Å². The fourth-order valence-corrected chi connectivity index (χ4v) is 11.3. The fraction of sp³-hybridized carbons (Fsp3) is 0.429. The number of β-amino-alcohol motifs (C(OH)–C–C–N with tert-alkyl or cyclic N) is 1. The molecule has 0 spiro atoms. The normalized spacial score (nSPS) is 20.3. The average Bonchev–Trinajstić information content (AvgIpc) is 4.14. The molecule has 1 saturated carbocycles. The van der Waals surface area contributed by atoms with Crippen molar-refractivity contribution in [1.82, 2.24) is 40.4 Å². The van der Waals surface area contributed by atoms with Gasteiger partial charge in [0.2, 0.25) is 17.7 Å². The molecular formula is C49H54ClN9O7S2. The molecule has 68 heavy (non-hydrogen) atoms. The van der Waals surface area contributed by atoms with Gasteiger partial charge in [-0.2, -0.15) is 0 Å². The molecule has 6 aromatic rings. The van der Waals surface area contributed by atoms with Crippen LogP contribution in [0.5, 0.6) is 5.88 Å². The van der Waals surface area contributed by atoms with Crippen molar-refractivity contribution in [3.8, 4) is 21.3 Å². The van der Waals surface area contributed by atoms with E-state index < -0.39 is 24.1 Å². The minimum atomic E-state index is -0.839. The summed E-state index contributed by atoms with van der Waals surface area (Å²) in [5.74, 6) is 0.110. The van der Waals surface area contributed by atoms with Crippen LogP contribution in [0, 0.1) is 33.6 Å². The second-order valence-corrected chi connectivity index (χ2v) is 20.5. The maximum Gasteiger partial charge on any atom is 0.254 e. The van der Waals surface area contributed by atoms with Crippen molar-refractivity contribution in [2.45, 2.75) is 110 Å². The number of likely N-dealkylation sites (tertiary alicyclic amines) is 1.